The lowest BCUT2D eigenvalue weighted by Crippen LogP contribution is -2.24. The molecule has 17 heavy (non-hydrogen) atoms. The molecule has 0 radical (unpaired) electrons. The van der Waals surface area contributed by atoms with Gasteiger partial charge in [-0.1, -0.05) is 22.0 Å². The Morgan fingerprint density at radius 2 is 2.24 bits per heavy atom. The number of nitrogens with zero attached hydrogens (tertiary/aromatic N) is 2. The average molecular weight is 292 g/mol. The number of aromatic nitrogens is 2. The van der Waals surface area contributed by atoms with Gasteiger partial charge in [-0.3, -0.25) is 0 Å². The molecule has 2 aromatic rings. The van der Waals surface area contributed by atoms with E-state index in [1.165, 1.54) is 5.56 Å². The molecule has 1 aromatic heterocycles. The summed E-state index contributed by atoms with van der Waals surface area (Å²) in [5.74, 6) is 0. The van der Waals surface area contributed by atoms with Crippen molar-refractivity contribution in [2.75, 3.05) is 0 Å². The number of benzene rings is 1. The van der Waals surface area contributed by atoms with Gasteiger partial charge in [0, 0.05) is 16.2 Å². The molecule has 0 saturated heterocycles. The van der Waals surface area contributed by atoms with Crippen LogP contribution in [0.1, 0.15) is 18.4 Å². The Balaban J connectivity index is 1.84. The molecule has 3 nitrogen and oxygen atoms in total. The van der Waals surface area contributed by atoms with Gasteiger partial charge >= 0.3 is 0 Å². The van der Waals surface area contributed by atoms with Gasteiger partial charge in [-0.2, -0.15) is 5.10 Å². The molecule has 4 heteroatoms. The second-order valence-corrected chi connectivity index (χ2v) is 5.73. The Morgan fingerprint density at radius 1 is 1.41 bits per heavy atom. The van der Waals surface area contributed by atoms with Gasteiger partial charge < -0.3 is 5.73 Å². The molecular formula is C13H14BrN3. The summed E-state index contributed by atoms with van der Waals surface area (Å²) < 4.78 is 2.95. The fourth-order valence-corrected chi connectivity index (χ4v) is 2.34. The highest BCUT2D eigenvalue weighted by Crippen LogP contribution is 2.35. The van der Waals surface area contributed by atoms with Crippen molar-refractivity contribution < 1.29 is 0 Å². The van der Waals surface area contributed by atoms with Gasteiger partial charge in [-0.25, -0.2) is 4.68 Å². The maximum Gasteiger partial charge on any atom is 0.0656 e. The Kier molecular flexibility index (Phi) is 2.56. The first-order chi connectivity index (χ1) is 8.15. The molecule has 1 saturated carbocycles. The lowest BCUT2D eigenvalue weighted by molar-refractivity contribution is 0.672. The molecule has 0 aliphatic heterocycles. The molecule has 1 fully saturated rings. The van der Waals surface area contributed by atoms with Crippen molar-refractivity contribution in [3.8, 4) is 5.69 Å². The first kappa shape index (κ1) is 11.0. The molecule has 1 aliphatic carbocycles. The van der Waals surface area contributed by atoms with Crippen molar-refractivity contribution in [3.05, 3.63) is 46.7 Å². The zero-order valence-corrected chi connectivity index (χ0v) is 11.0. The highest BCUT2D eigenvalue weighted by atomic mass is 79.9. The summed E-state index contributed by atoms with van der Waals surface area (Å²) in [4.78, 5) is 0. The van der Waals surface area contributed by atoms with Crippen LogP contribution in [-0.2, 0) is 6.42 Å². The molecule has 1 aromatic carbocycles. The quantitative estimate of drug-likeness (QED) is 0.945. The van der Waals surface area contributed by atoms with E-state index in [0.717, 1.165) is 29.4 Å². The molecule has 0 unspecified atom stereocenters. The zero-order chi connectivity index (χ0) is 11.9. The first-order valence-electron chi connectivity index (χ1n) is 5.73. The summed E-state index contributed by atoms with van der Waals surface area (Å²) in [6.45, 7) is 0. The van der Waals surface area contributed by atoms with Gasteiger partial charge in [0.1, 0.15) is 0 Å². The lowest BCUT2D eigenvalue weighted by Gasteiger charge is -2.05. The first-order valence-corrected chi connectivity index (χ1v) is 6.52. The highest BCUT2D eigenvalue weighted by Gasteiger charge is 2.38. The summed E-state index contributed by atoms with van der Waals surface area (Å²) in [7, 11) is 0. The predicted octanol–water partition coefficient (Wildman–Crippen LogP) is 2.67. The van der Waals surface area contributed by atoms with E-state index in [9.17, 15) is 0 Å². The molecular weight excluding hydrogens is 278 g/mol. The van der Waals surface area contributed by atoms with Crippen molar-refractivity contribution in [3.63, 3.8) is 0 Å². The summed E-state index contributed by atoms with van der Waals surface area (Å²) in [6, 6.07) is 8.10. The second-order valence-electron chi connectivity index (χ2n) is 4.81. The molecule has 0 spiro atoms. The molecule has 2 N–H and O–H groups in total. The fourth-order valence-electron chi connectivity index (χ4n) is 1.96. The Labute approximate surface area is 109 Å². The van der Waals surface area contributed by atoms with Crippen LogP contribution in [-0.4, -0.2) is 15.3 Å². The van der Waals surface area contributed by atoms with Crippen LogP contribution in [0.5, 0.6) is 0 Å². The molecule has 0 amide bonds. The highest BCUT2D eigenvalue weighted by molar-refractivity contribution is 9.10. The van der Waals surface area contributed by atoms with Crippen molar-refractivity contribution in [2.24, 2.45) is 5.73 Å². The number of rotatable bonds is 3. The standard InChI is InChI=1S/C13H14BrN3/c14-11-2-1-3-12(6-11)17-9-10(8-16-17)7-13(15)4-5-13/h1-3,6,8-9H,4-5,7,15H2. The number of halogens is 1. The van der Waals surface area contributed by atoms with E-state index in [-0.39, 0.29) is 5.54 Å². The van der Waals surface area contributed by atoms with Crippen molar-refractivity contribution >= 4 is 15.9 Å². The van der Waals surface area contributed by atoms with Gasteiger partial charge in [0.05, 0.1) is 11.9 Å². The summed E-state index contributed by atoms with van der Waals surface area (Å²) in [6.07, 6.45) is 7.17. The molecule has 3 rings (SSSR count). The molecule has 1 heterocycles. The Hall–Kier alpha value is -1.13. The summed E-state index contributed by atoms with van der Waals surface area (Å²) in [5.41, 5.74) is 8.43. The predicted molar refractivity (Wildman–Crippen MR) is 71.1 cm³/mol. The van der Waals surface area contributed by atoms with Crippen LogP contribution in [0.4, 0.5) is 0 Å². The van der Waals surface area contributed by atoms with E-state index in [4.69, 9.17) is 5.73 Å². The van der Waals surface area contributed by atoms with Crippen LogP contribution < -0.4 is 5.73 Å². The van der Waals surface area contributed by atoms with Crippen LogP contribution >= 0.6 is 15.9 Å². The van der Waals surface area contributed by atoms with Crippen molar-refractivity contribution in [1.82, 2.24) is 9.78 Å². The summed E-state index contributed by atoms with van der Waals surface area (Å²) >= 11 is 3.46. The largest absolute Gasteiger partial charge is 0.325 e. The third-order valence-electron chi connectivity index (χ3n) is 3.16. The molecule has 0 bridgehead atoms. The normalized spacial score (nSPS) is 17.1. The van der Waals surface area contributed by atoms with Crippen molar-refractivity contribution in [1.29, 1.82) is 0 Å². The number of hydrogen-bond donors (Lipinski definition) is 1. The SMILES string of the molecule is NC1(Cc2cnn(-c3cccc(Br)c3)c2)CC1. The van der Waals surface area contributed by atoms with Gasteiger partial charge in [0.25, 0.3) is 0 Å². The van der Waals surface area contributed by atoms with Gasteiger partial charge in [0.2, 0.25) is 0 Å². The molecule has 1 aliphatic rings. The smallest absolute Gasteiger partial charge is 0.0656 e. The number of hydrogen-bond acceptors (Lipinski definition) is 2. The zero-order valence-electron chi connectivity index (χ0n) is 9.44. The van der Waals surface area contributed by atoms with Crippen LogP contribution in [0, 0.1) is 0 Å². The Morgan fingerprint density at radius 3 is 2.94 bits per heavy atom. The van der Waals surface area contributed by atoms with Crippen molar-refractivity contribution in [2.45, 2.75) is 24.8 Å². The number of nitrogens with two attached hydrogens (primary N) is 1. The lowest BCUT2D eigenvalue weighted by atomic mass is 10.1. The minimum atomic E-state index is 0.0468. The third-order valence-corrected chi connectivity index (χ3v) is 3.65. The van der Waals surface area contributed by atoms with Crippen LogP contribution in [0.3, 0.4) is 0 Å². The topological polar surface area (TPSA) is 43.8 Å². The van der Waals surface area contributed by atoms with E-state index >= 15 is 0 Å². The van der Waals surface area contributed by atoms with Gasteiger partial charge in [0.15, 0.2) is 0 Å². The van der Waals surface area contributed by atoms with Gasteiger partial charge in [-0.05, 0) is 43.0 Å². The second kappa shape index (κ2) is 3.96. The monoisotopic (exact) mass is 291 g/mol. The van der Waals surface area contributed by atoms with Gasteiger partial charge in [-0.15, -0.1) is 0 Å². The Bertz CT molecular complexity index is 543. The average Bonchev–Trinajstić information content (AvgIpc) is 2.85. The maximum atomic E-state index is 6.11. The van der Waals surface area contributed by atoms with E-state index in [1.807, 2.05) is 35.1 Å². The van der Waals surface area contributed by atoms with E-state index < -0.39 is 0 Å². The van der Waals surface area contributed by atoms with Crippen LogP contribution in [0.2, 0.25) is 0 Å². The minimum Gasteiger partial charge on any atom is -0.325 e. The van der Waals surface area contributed by atoms with E-state index in [2.05, 4.69) is 27.2 Å². The maximum absolute atomic E-state index is 6.11. The van der Waals surface area contributed by atoms with Crippen LogP contribution in [0.25, 0.3) is 5.69 Å². The van der Waals surface area contributed by atoms with Crippen LogP contribution in [0.15, 0.2) is 41.1 Å². The molecule has 0 atom stereocenters. The fraction of sp³-hybridized carbons (Fsp3) is 0.308. The third kappa shape index (κ3) is 2.42. The summed E-state index contributed by atoms with van der Waals surface area (Å²) in [5, 5.41) is 4.38. The minimum absolute atomic E-state index is 0.0468. The molecule has 88 valence electrons. The van der Waals surface area contributed by atoms with E-state index in [1.54, 1.807) is 0 Å². The van der Waals surface area contributed by atoms with E-state index in [0.29, 0.717) is 0 Å².